The molecule has 0 aliphatic heterocycles. The molecule has 41 heavy (non-hydrogen) atoms. The lowest BCUT2D eigenvalue weighted by Gasteiger charge is -2.14. The number of carbonyl (C=O) groups is 1. The average Bonchev–Trinajstić information content (AvgIpc) is 3.37. The van der Waals surface area contributed by atoms with Crippen molar-refractivity contribution in [2.45, 2.75) is 26.2 Å². The summed E-state index contributed by atoms with van der Waals surface area (Å²) >= 11 is 6.38. The number of hydrogen-bond donors (Lipinski definition) is 3. The molecule has 0 saturated carbocycles. The van der Waals surface area contributed by atoms with Crippen molar-refractivity contribution in [1.29, 1.82) is 0 Å². The van der Waals surface area contributed by atoms with Crippen LogP contribution in [0.25, 0.3) is 22.2 Å². The van der Waals surface area contributed by atoms with E-state index in [1.807, 2.05) is 26.8 Å². The Bertz CT molecular complexity index is 1710. The van der Waals surface area contributed by atoms with E-state index >= 15 is 0 Å². The summed E-state index contributed by atoms with van der Waals surface area (Å²) in [5.74, 6) is 3.47. The Balaban J connectivity index is 1.32. The number of aromatic amines is 1. The van der Waals surface area contributed by atoms with Gasteiger partial charge in [-0.05, 0) is 42.5 Å². The standard InChI is InChI=1S/C30H29ClN6O4/c1-30(2,3)28-35-26(19-10-12-32-16-21(19)31)27(36-28)37-29(38)34-17-6-8-18(9-7-17)41-23-11-13-33-22-15-25(40-5)24(39-4)14-20(22)23/h6-16H,1-5H3,(H,35,36)(H2,34,37,38). The first-order valence-corrected chi connectivity index (χ1v) is 13.1. The number of halogens is 1. The van der Waals surface area contributed by atoms with E-state index in [0.717, 1.165) is 5.39 Å². The minimum absolute atomic E-state index is 0.280. The van der Waals surface area contributed by atoms with E-state index in [0.29, 0.717) is 62.1 Å². The molecule has 10 nitrogen and oxygen atoms in total. The van der Waals surface area contributed by atoms with Gasteiger partial charge in [-0.2, -0.15) is 0 Å². The molecule has 2 amide bonds. The first-order valence-electron chi connectivity index (χ1n) is 12.7. The Kier molecular flexibility index (Phi) is 7.67. The highest BCUT2D eigenvalue weighted by Crippen LogP contribution is 2.37. The Labute approximate surface area is 242 Å². The quantitative estimate of drug-likeness (QED) is 0.185. The van der Waals surface area contributed by atoms with Crippen molar-refractivity contribution in [3.63, 3.8) is 0 Å². The summed E-state index contributed by atoms with van der Waals surface area (Å²) in [6.45, 7) is 6.08. The third-order valence-corrected chi connectivity index (χ3v) is 6.53. The number of fused-ring (bicyclic) bond motifs is 1. The number of rotatable bonds is 7. The van der Waals surface area contributed by atoms with E-state index in [4.69, 9.17) is 30.8 Å². The SMILES string of the molecule is COc1cc2nccc(Oc3ccc(NC(=O)Nc4[nH]c(C(C)(C)C)nc4-c4ccncc4Cl)cc3)c2cc1OC. The van der Waals surface area contributed by atoms with E-state index in [1.54, 1.807) is 69.1 Å². The summed E-state index contributed by atoms with van der Waals surface area (Å²) in [7, 11) is 3.15. The molecule has 2 aromatic carbocycles. The molecule has 5 rings (SSSR count). The normalized spacial score (nSPS) is 11.3. The monoisotopic (exact) mass is 572 g/mol. The minimum Gasteiger partial charge on any atom is -0.493 e. The molecule has 0 atom stereocenters. The Morgan fingerprint density at radius 3 is 2.34 bits per heavy atom. The van der Waals surface area contributed by atoms with Crippen LogP contribution in [0.2, 0.25) is 5.02 Å². The number of benzene rings is 2. The van der Waals surface area contributed by atoms with Gasteiger partial charge >= 0.3 is 6.03 Å². The number of imidazole rings is 1. The summed E-state index contributed by atoms with van der Waals surface area (Å²) in [6, 6.07) is 13.7. The van der Waals surface area contributed by atoms with Gasteiger partial charge in [-0.3, -0.25) is 15.3 Å². The topological polar surface area (TPSA) is 123 Å². The number of pyridine rings is 2. The molecule has 0 unspecified atom stereocenters. The molecule has 0 fully saturated rings. The summed E-state index contributed by atoms with van der Waals surface area (Å²) in [5, 5.41) is 6.90. The first kappa shape index (κ1) is 27.7. The lowest BCUT2D eigenvalue weighted by Crippen LogP contribution is -2.20. The molecule has 0 radical (unpaired) electrons. The highest BCUT2D eigenvalue weighted by molar-refractivity contribution is 6.33. The highest BCUT2D eigenvalue weighted by atomic mass is 35.5. The number of anilines is 2. The second kappa shape index (κ2) is 11.3. The zero-order valence-corrected chi connectivity index (χ0v) is 24.0. The van der Waals surface area contributed by atoms with Crippen molar-refractivity contribution in [1.82, 2.24) is 19.9 Å². The Morgan fingerprint density at radius 2 is 1.66 bits per heavy atom. The van der Waals surface area contributed by atoms with E-state index in [1.165, 1.54) is 6.20 Å². The van der Waals surface area contributed by atoms with Crippen LogP contribution >= 0.6 is 11.6 Å². The second-order valence-electron chi connectivity index (χ2n) is 10.2. The van der Waals surface area contributed by atoms with Crippen LogP contribution in [0, 0.1) is 0 Å². The molecule has 3 aromatic heterocycles. The van der Waals surface area contributed by atoms with Crippen LogP contribution < -0.4 is 24.8 Å². The van der Waals surface area contributed by atoms with Crippen LogP contribution in [-0.2, 0) is 5.41 Å². The second-order valence-corrected chi connectivity index (χ2v) is 10.6. The van der Waals surface area contributed by atoms with E-state index < -0.39 is 6.03 Å². The number of amides is 2. The predicted octanol–water partition coefficient (Wildman–Crippen LogP) is 7.42. The summed E-state index contributed by atoms with van der Waals surface area (Å²) in [5.41, 5.74) is 2.18. The average molecular weight is 573 g/mol. The van der Waals surface area contributed by atoms with Gasteiger partial charge in [0.2, 0.25) is 0 Å². The van der Waals surface area contributed by atoms with Crippen LogP contribution in [-0.4, -0.2) is 40.2 Å². The van der Waals surface area contributed by atoms with Crippen molar-refractivity contribution in [2.24, 2.45) is 0 Å². The summed E-state index contributed by atoms with van der Waals surface area (Å²) in [4.78, 5) is 29.4. The Morgan fingerprint density at radius 1 is 0.927 bits per heavy atom. The maximum Gasteiger partial charge on any atom is 0.324 e. The van der Waals surface area contributed by atoms with Crippen LogP contribution in [0.5, 0.6) is 23.0 Å². The van der Waals surface area contributed by atoms with E-state index in [2.05, 4.69) is 25.6 Å². The van der Waals surface area contributed by atoms with Crippen LogP contribution in [0.1, 0.15) is 26.6 Å². The van der Waals surface area contributed by atoms with Gasteiger partial charge in [0.15, 0.2) is 11.5 Å². The summed E-state index contributed by atoms with van der Waals surface area (Å²) in [6.07, 6.45) is 4.83. The fraction of sp³-hybridized carbons (Fsp3) is 0.200. The van der Waals surface area contributed by atoms with Crippen LogP contribution in [0.3, 0.4) is 0 Å². The zero-order valence-electron chi connectivity index (χ0n) is 23.2. The molecule has 0 saturated heterocycles. The third kappa shape index (κ3) is 6.02. The fourth-order valence-corrected chi connectivity index (χ4v) is 4.34. The first-order chi connectivity index (χ1) is 19.7. The van der Waals surface area contributed by atoms with Crippen molar-refractivity contribution < 1.29 is 19.0 Å². The minimum atomic E-state index is -0.449. The number of urea groups is 1. The van der Waals surface area contributed by atoms with E-state index in [-0.39, 0.29) is 5.41 Å². The highest BCUT2D eigenvalue weighted by Gasteiger charge is 2.24. The summed E-state index contributed by atoms with van der Waals surface area (Å²) < 4.78 is 16.9. The van der Waals surface area contributed by atoms with Crippen molar-refractivity contribution in [3.8, 4) is 34.3 Å². The molecular formula is C30H29ClN6O4. The number of hydrogen-bond acceptors (Lipinski definition) is 7. The number of H-pyrrole nitrogens is 1. The molecule has 11 heteroatoms. The molecule has 5 aromatic rings. The van der Waals surface area contributed by atoms with Crippen LogP contribution in [0.15, 0.2) is 67.1 Å². The largest absolute Gasteiger partial charge is 0.493 e. The van der Waals surface area contributed by atoms with Gasteiger partial charge in [-0.15, -0.1) is 0 Å². The predicted molar refractivity (Wildman–Crippen MR) is 160 cm³/mol. The molecular weight excluding hydrogens is 544 g/mol. The van der Waals surface area contributed by atoms with Crippen molar-refractivity contribution in [2.75, 3.05) is 24.9 Å². The van der Waals surface area contributed by atoms with Crippen molar-refractivity contribution >= 4 is 40.0 Å². The Hall–Kier alpha value is -4.83. The number of nitrogens with one attached hydrogen (secondary N) is 3. The molecule has 3 heterocycles. The molecule has 0 aliphatic rings. The maximum atomic E-state index is 13.0. The molecule has 210 valence electrons. The number of nitrogens with zero attached hydrogens (tertiary/aromatic N) is 3. The van der Waals surface area contributed by atoms with Crippen LogP contribution in [0.4, 0.5) is 16.3 Å². The van der Waals surface area contributed by atoms with E-state index in [9.17, 15) is 4.79 Å². The van der Waals surface area contributed by atoms with Gasteiger partial charge in [0.05, 0.1) is 24.8 Å². The molecule has 0 bridgehead atoms. The third-order valence-electron chi connectivity index (χ3n) is 6.23. The maximum absolute atomic E-state index is 13.0. The fourth-order valence-electron chi connectivity index (χ4n) is 4.13. The number of aromatic nitrogens is 4. The van der Waals surface area contributed by atoms with Gasteiger partial charge in [0.25, 0.3) is 0 Å². The molecule has 0 aliphatic carbocycles. The lowest BCUT2D eigenvalue weighted by atomic mass is 9.96. The number of ether oxygens (including phenoxy) is 3. The zero-order chi connectivity index (χ0) is 29.1. The number of methoxy groups -OCH3 is 2. The molecule has 0 spiro atoms. The molecule has 3 N–H and O–H groups in total. The van der Waals surface area contributed by atoms with Gasteiger partial charge in [0.1, 0.15) is 28.8 Å². The lowest BCUT2D eigenvalue weighted by molar-refractivity contribution is 0.262. The number of carbonyl (C=O) groups excluding carboxylic acids is 1. The van der Waals surface area contributed by atoms with Crippen molar-refractivity contribution in [3.05, 3.63) is 78.0 Å². The van der Waals surface area contributed by atoms with Gasteiger partial charge < -0.3 is 24.5 Å². The smallest absolute Gasteiger partial charge is 0.324 e. The van der Waals surface area contributed by atoms with Gasteiger partial charge in [0, 0.05) is 46.7 Å². The van der Waals surface area contributed by atoms with Gasteiger partial charge in [-0.25, -0.2) is 9.78 Å². The van der Waals surface area contributed by atoms with Gasteiger partial charge in [-0.1, -0.05) is 32.4 Å².